The molecule has 1 saturated heterocycles. The summed E-state index contributed by atoms with van der Waals surface area (Å²) in [7, 11) is 0. The number of nitrogens with zero attached hydrogens (tertiary/aromatic N) is 1. The van der Waals surface area contributed by atoms with Crippen molar-refractivity contribution in [2.24, 2.45) is 5.41 Å². The molecule has 0 N–H and O–H groups in total. The highest BCUT2D eigenvalue weighted by Gasteiger charge is 2.23. The van der Waals surface area contributed by atoms with Crippen molar-refractivity contribution >= 4 is 27.4 Å². The smallest absolute Gasteiger partial charge is 0.160 e. The lowest BCUT2D eigenvalue weighted by atomic mass is 9.85. The zero-order valence-electron chi connectivity index (χ0n) is 12.0. The van der Waals surface area contributed by atoms with Crippen molar-refractivity contribution in [3.63, 3.8) is 0 Å². The standard InChI is InChI=1S/C16H22BrNO/c1-12(19)14-6-5-13(11-15(14)17)18-9-4-7-16(2,3)8-10-18/h5-6,11H,4,7-10H2,1-3H3. The first-order valence-corrected chi connectivity index (χ1v) is 7.74. The second-order valence-electron chi connectivity index (χ2n) is 6.23. The SMILES string of the molecule is CC(=O)c1ccc(N2CCCC(C)(C)CC2)cc1Br. The van der Waals surface area contributed by atoms with Crippen molar-refractivity contribution < 1.29 is 4.79 Å². The Balaban J connectivity index is 2.18. The van der Waals surface area contributed by atoms with Gasteiger partial charge in [-0.3, -0.25) is 4.79 Å². The van der Waals surface area contributed by atoms with Gasteiger partial charge in [-0.1, -0.05) is 13.8 Å². The maximum atomic E-state index is 11.5. The molecule has 0 saturated carbocycles. The van der Waals surface area contributed by atoms with Crippen molar-refractivity contribution in [2.45, 2.75) is 40.0 Å². The van der Waals surface area contributed by atoms with Gasteiger partial charge in [-0.15, -0.1) is 0 Å². The Morgan fingerprint density at radius 2 is 2.00 bits per heavy atom. The van der Waals surface area contributed by atoms with Crippen LogP contribution in [0.25, 0.3) is 0 Å². The molecule has 0 spiro atoms. The van der Waals surface area contributed by atoms with E-state index in [1.807, 2.05) is 6.07 Å². The van der Waals surface area contributed by atoms with E-state index in [1.165, 1.54) is 24.9 Å². The summed E-state index contributed by atoms with van der Waals surface area (Å²) >= 11 is 3.51. The van der Waals surface area contributed by atoms with Crippen LogP contribution in [0, 0.1) is 5.41 Å². The molecule has 2 rings (SSSR count). The molecule has 19 heavy (non-hydrogen) atoms. The van der Waals surface area contributed by atoms with Crippen molar-refractivity contribution in [2.75, 3.05) is 18.0 Å². The summed E-state index contributed by atoms with van der Waals surface area (Å²) in [6.07, 6.45) is 3.74. The Morgan fingerprint density at radius 3 is 2.63 bits per heavy atom. The molecule has 2 nitrogen and oxygen atoms in total. The molecule has 0 atom stereocenters. The second kappa shape index (κ2) is 5.66. The third-order valence-electron chi connectivity index (χ3n) is 4.04. The average Bonchev–Trinajstić information content (AvgIpc) is 2.49. The first kappa shape index (κ1) is 14.6. The lowest BCUT2D eigenvalue weighted by molar-refractivity contribution is 0.101. The minimum absolute atomic E-state index is 0.107. The number of Topliss-reactive ketones (excluding diaryl/α,β-unsaturated/α-hetero) is 1. The highest BCUT2D eigenvalue weighted by Crippen LogP contribution is 2.32. The fraction of sp³-hybridized carbons (Fsp3) is 0.562. The van der Waals surface area contributed by atoms with Gasteiger partial charge in [-0.25, -0.2) is 0 Å². The van der Waals surface area contributed by atoms with E-state index >= 15 is 0 Å². The van der Waals surface area contributed by atoms with Crippen LogP contribution in [0.2, 0.25) is 0 Å². The molecule has 1 heterocycles. The van der Waals surface area contributed by atoms with Gasteiger partial charge in [0, 0.05) is 28.8 Å². The van der Waals surface area contributed by atoms with Crippen LogP contribution >= 0.6 is 15.9 Å². The molecule has 0 amide bonds. The van der Waals surface area contributed by atoms with Crippen LogP contribution in [-0.4, -0.2) is 18.9 Å². The van der Waals surface area contributed by atoms with Crippen LogP contribution < -0.4 is 4.90 Å². The maximum Gasteiger partial charge on any atom is 0.160 e. The highest BCUT2D eigenvalue weighted by molar-refractivity contribution is 9.10. The summed E-state index contributed by atoms with van der Waals surface area (Å²) in [5.74, 6) is 0.107. The van der Waals surface area contributed by atoms with Gasteiger partial charge >= 0.3 is 0 Å². The molecule has 1 aliphatic rings. The van der Waals surface area contributed by atoms with E-state index in [2.05, 4.69) is 46.8 Å². The number of ketones is 1. The number of halogens is 1. The summed E-state index contributed by atoms with van der Waals surface area (Å²) in [6, 6.07) is 6.08. The van der Waals surface area contributed by atoms with Crippen LogP contribution in [0.5, 0.6) is 0 Å². The fourth-order valence-corrected chi connectivity index (χ4v) is 3.31. The number of hydrogen-bond acceptors (Lipinski definition) is 2. The Hall–Kier alpha value is -0.830. The number of carbonyl (C=O) groups is 1. The minimum atomic E-state index is 0.107. The van der Waals surface area contributed by atoms with E-state index in [1.54, 1.807) is 6.92 Å². The van der Waals surface area contributed by atoms with Crippen molar-refractivity contribution in [3.05, 3.63) is 28.2 Å². The van der Waals surface area contributed by atoms with Gasteiger partial charge in [-0.05, 0) is 65.7 Å². The summed E-state index contributed by atoms with van der Waals surface area (Å²) in [6.45, 7) is 8.51. The van der Waals surface area contributed by atoms with Gasteiger partial charge in [0.25, 0.3) is 0 Å². The zero-order chi connectivity index (χ0) is 14.0. The van der Waals surface area contributed by atoms with Crippen LogP contribution in [0.4, 0.5) is 5.69 Å². The predicted molar refractivity (Wildman–Crippen MR) is 84.0 cm³/mol. The molecule has 0 aromatic heterocycles. The first-order valence-electron chi connectivity index (χ1n) is 6.94. The fourth-order valence-electron chi connectivity index (χ4n) is 2.67. The van der Waals surface area contributed by atoms with Gasteiger partial charge in [0.05, 0.1) is 0 Å². The minimum Gasteiger partial charge on any atom is -0.371 e. The Labute approximate surface area is 124 Å². The second-order valence-corrected chi connectivity index (χ2v) is 7.08. The van der Waals surface area contributed by atoms with Crippen LogP contribution in [0.15, 0.2) is 22.7 Å². The molecule has 1 aromatic carbocycles. The largest absolute Gasteiger partial charge is 0.371 e. The van der Waals surface area contributed by atoms with E-state index in [9.17, 15) is 4.79 Å². The van der Waals surface area contributed by atoms with Crippen molar-refractivity contribution in [3.8, 4) is 0 Å². The molecule has 0 radical (unpaired) electrons. The van der Waals surface area contributed by atoms with Crippen molar-refractivity contribution in [1.82, 2.24) is 0 Å². The number of rotatable bonds is 2. The molecule has 3 heteroatoms. The summed E-state index contributed by atoms with van der Waals surface area (Å²) in [4.78, 5) is 13.9. The molecule has 1 fully saturated rings. The zero-order valence-corrected chi connectivity index (χ0v) is 13.6. The number of carbonyl (C=O) groups excluding carboxylic acids is 1. The van der Waals surface area contributed by atoms with Crippen LogP contribution in [-0.2, 0) is 0 Å². The van der Waals surface area contributed by atoms with E-state index in [-0.39, 0.29) is 5.78 Å². The molecule has 104 valence electrons. The normalized spacial score (nSPS) is 19.1. The predicted octanol–water partition coefficient (Wildman–Crippen LogP) is 4.67. The van der Waals surface area contributed by atoms with E-state index < -0.39 is 0 Å². The van der Waals surface area contributed by atoms with E-state index in [0.717, 1.165) is 23.1 Å². The molecule has 0 aliphatic carbocycles. The first-order chi connectivity index (χ1) is 8.89. The Kier molecular flexibility index (Phi) is 4.34. The lowest BCUT2D eigenvalue weighted by Crippen LogP contribution is -2.25. The topological polar surface area (TPSA) is 20.3 Å². The maximum absolute atomic E-state index is 11.5. The molecule has 1 aliphatic heterocycles. The number of hydrogen-bond donors (Lipinski definition) is 0. The number of anilines is 1. The highest BCUT2D eigenvalue weighted by atomic mass is 79.9. The van der Waals surface area contributed by atoms with Crippen molar-refractivity contribution in [1.29, 1.82) is 0 Å². The van der Waals surface area contributed by atoms with Gasteiger partial charge in [-0.2, -0.15) is 0 Å². The lowest BCUT2D eigenvalue weighted by Gasteiger charge is -2.25. The van der Waals surface area contributed by atoms with E-state index in [4.69, 9.17) is 0 Å². The van der Waals surface area contributed by atoms with Crippen LogP contribution in [0.1, 0.15) is 50.4 Å². The third-order valence-corrected chi connectivity index (χ3v) is 4.69. The third kappa shape index (κ3) is 3.59. The number of benzene rings is 1. The average molecular weight is 324 g/mol. The van der Waals surface area contributed by atoms with Gasteiger partial charge in [0.1, 0.15) is 0 Å². The summed E-state index contributed by atoms with van der Waals surface area (Å²) in [5.41, 5.74) is 2.43. The van der Waals surface area contributed by atoms with Gasteiger partial charge < -0.3 is 4.90 Å². The molecule has 0 unspecified atom stereocenters. The molecular formula is C16H22BrNO. The molecule has 1 aromatic rings. The Bertz CT molecular complexity index is 482. The summed E-state index contributed by atoms with van der Waals surface area (Å²) < 4.78 is 0.904. The summed E-state index contributed by atoms with van der Waals surface area (Å²) in [5, 5.41) is 0. The Morgan fingerprint density at radius 1 is 1.26 bits per heavy atom. The van der Waals surface area contributed by atoms with Gasteiger partial charge in [0.15, 0.2) is 5.78 Å². The molecular weight excluding hydrogens is 302 g/mol. The van der Waals surface area contributed by atoms with E-state index in [0.29, 0.717) is 5.41 Å². The molecule has 0 bridgehead atoms. The van der Waals surface area contributed by atoms with Crippen LogP contribution in [0.3, 0.4) is 0 Å². The van der Waals surface area contributed by atoms with Gasteiger partial charge in [0.2, 0.25) is 0 Å². The monoisotopic (exact) mass is 323 g/mol. The quantitative estimate of drug-likeness (QED) is 0.737.